The molecule has 0 radical (unpaired) electrons. The molecule has 2 nitrogen and oxygen atoms in total. The molecule has 0 saturated carbocycles. The van der Waals surface area contributed by atoms with Crippen molar-refractivity contribution in [1.82, 2.24) is 4.57 Å². The van der Waals surface area contributed by atoms with Gasteiger partial charge in [-0.1, -0.05) is 140 Å². The summed E-state index contributed by atoms with van der Waals surface area (Å²) < 4.78 is 2.43. The van der Waals surface area contributed by atoms with Crippen molar-refractivity contribution >= 4 is 71.2 Å². The molecule has 0 fully saturated rings. The maximum Gasteiger partial charge on any atom is 0.0547 e. The molecule has 10 aromatic rings. The Morgan fingerprint density at radius 1 is 0.320 bits per heavy atom. The van der Waals surface area contributed by atoms with Gasteiger partial charge < -0.3 is 9.47 Å². The van der Waals surface area contributed by atoms with Gasteiger partial charge in [-0.25, -0.2) is 0 Å². The van der Waals surface area contributed by atoms with E-state index >= 15 is 0 Å². The van der Waals surface area contributed by atoms with Gasteiger partial charge in [-0.15, -0.1) is 0 Å². The van der Waals surface area contributed by atoms with E-state index in [1.807, 2.05) is 0 Å². The summed E-state index contributed by atoms with van der Waals surface area (Å²) in [6.45, 7) is 0. The van der Waals surface area contributed by atoms with Gasteiger partial charge in [0, 0.05) is 33.2 Å². The van der Waals surface area contributed by atoms with Gasteiger partial charge in [0.15, 0.2) is 0 Å². The zero-order chi connectivity index (χ0) is 33.0. The fourth-order valence-corrected chi connectivity index (χ4v) is 7.84. The molecular weight excluding hydrogens is 605 g/mol. The average molecular weight is 637 g/mol. The minimum absolute atomic E-state index is 1.12. The van der Waals surface area contributed by atoms with Crippen LogP contribution in [-0.4, -0.2) is 4.57 Å². The summed E-state index contributed by atoms with van der Waals surface area (Å²) in [6.07, 6.45) is 0. The molecule has 0 aliphatic carbocycles. The summed E-state index contributed by atoms with van der Waals surface area (Å²) in [4.78, 5) is 2.35. The van der Waals surface area contributed by atoms with E-state index in [0.29, 0.717) is 0 Å². The Morgan fingerprint density at radius 2 is 0.780 bits per heavy atom. The standard InChI is InChI=1S/C48H32N2/c1-2-15-38(16-3-1)49(44-20-10-14-35-11-4-7-17-41(35)44)39-27-21-33(22-28-39)34-23-29-40(30-24-34)50-45-31-25-36-12-5-8-18-42(36)47(45)48-43-19-9-6-13-37(43)26-32-46(48)50/h1-32H. The highest BCUT2D eigenvalue weighted by atomic mass is 15.1. The molecule has 0 spiro atoms. The number of para-hydroxylation sites is 1. The zero-order valence-corrected chi connectivity index (χ0v) is 27.4. The molecule has 10 rings (SSSR count). The Hall–Kier alpha value is -6.64. The van der Waals surface area contributed by atoms with Crippen LogP contribution in [0.15, 0.2) is 194 Å². The molecule has 1 heterocycles. The molecule has 0 saturated heterocycles. The summed E-state index contributed by atoms with van der Waals surface area (Å²) in [5.74, 6) is 0. The summed E-state index contributed by atoms with van der Waals surface area (Å²) in [5, 5.41) is 10.2. The van der Waals surface area contributed by atoms with Crippen LogP contribution in [0.2, 0.25) is 0 Å². The van der Waals surface area contributed by atoms with Gasteiger partial charge in [-0.05, 0) is 92.7 Å². The molecule has 234 valence electrons. The number of nitrogens with zero attached hydrogens (tertiary/aromatic N) is 2. The Balaban J connectivity index is 1.07. The molecule has 2 heteroatoms. The van der Waals surface area contributed by atoms with Crippen molar-refractivity contribution < 1.29 is 0 Å². The molecule has 0 aliphatic heterocycles. The first kappa shape index (κ1) is 28.4. The van der Waals surface area contributed by atoms with Crippen LogP contribution in [0.1, 0.15) is 0 Å². The van der Waals surface area contributed by atoms with Crippen molar-refractivity contribution in [2.24, 2.45) is 0 Å². The minimum Gasteiger partial charge on any atom is -0.310 e. The van der Waals surface area contributed by atoms with Crippen LogP contribution < -0.4 is 4.90 Å². The van der Waals surface area contributed by atoms with Crippen molar-refractivity contribution in [3.05, 3.63) is 194 Å². The number of anilines is 3. The lowest BCUT2D eigenvalue weighted by Gasteiger charge is -2.27. The van der Waals surface area contributed by atoms with Crippen molar-refractivity contribution in [3.63, 3.8) is 0 Å². The topological polar surface area (TPSA) is 8.17 Å². The molecule has 0 atom stereocenters. The van der Waals surface area contributed by atoms with Crippen molar-refractivity contribution in [2.45, 2.75) is 0 Å². The number of rotatable bonds is 5. The average Bonchev–Trinajstić information content (AvgIpc) is 3.54. The van der Waals surface area contributed by atoms with Gasteiger partial charge >= 0.3 is 0 Å². The second-order valence-corrected chi connectivity index (χ2v) is 13.0. The molecule has 0 aliphatic rings. The highest BCUT2D eigenvalue weighted by molar-refractivity contribution is 6.28. The minimum atomic E-state index is 1.12. The molecule has 9 aromatic carbocycles. The van der Waals surface area contributed by atoms with Crippen LogP contribution in [-0.2, 0) is 0 Å². The number of hydrogen-bond acceptors (Lipinski definition) is 1. The van der Waals surface area contributed by atoms with E-state index in [2.05, 4.69) is 204 Å². The monoisotopic (exact) mass is 636 g/mol. The maximum absolute atomic E-state index is 2.43. The Bertz CT molecular complexity index is 2750. The lowest BCUT2D eigenvalue weighted by molar-refractivity contribution is 1.18. The van der Waals surface area contributed by atoms with Gasteiger partial charge in [0.2, 0.25) is 0 Å². The highest BCUT2D eigenvalue weighted by Gasteiger charge is 2.18. The van der Waals surface area contributed by atoms with Crippen molar-refractivity contribution in [3.8, 4) is 16.8 Å². The first-order valence-electron chi connectivity index (χ1n) is 17.2. The van der Waals surface area contributed by atoms with E-state index in [1.165, 1.54) is 65.3 Å². The summed E-state index contributed by atoms with van der Waals surface area (Å²) >= 11 is 0. The largest absolute Gasteiger partial charge is 0.310 e. The third-order valence-corrected chi connectivity index (χ3v) is 10.2. The summed E-state index contributed by atoms with van der Waals surface area (Å²) in [6, 6.07) is 70.3. The lowest BCUT2D eigenvalue weighted by Crippen LogP contribution is -2.10. The predicted molar refractivity (Wildman–Crippen MR) is 213 cm³/mol. The molecule has 50 heavy (non-hydrogen) atoms. The first-order valence-corrected chi connectivity index (χ1v) is 17.2. The third-order valence-electron chi connectivity index (χ3n) is 10.2. The van der Waals surface area contributed by atoms with E-state index < -0.39 is 0 Å². The first-order chi connectivity index (χ1) is 24.8. The highest BCUT2D eigenvalue weighted by Crippen LogP contribution is 2.42. The Morgan fingerprint density at radius 3 is 1.38 bits per heavy atom. The number of fused-ring (bicyclic) bond motifs is 8. The third kappa shape index (κ3) is 4.50. The van der Waals surface area contributed by atoms with E-state index in [1.54, 1.807) is 0 Å². The van der Waals surface area contributed by atoms with Crippen molar-refractivity contribution in [2.75, 3.05) is 4.90 Å². The summed E-state index contributed by atoms with van der Waals surface area (Å²) in [7, 11) is 0. The van der Waals surface area contributed by atoms with E-state index in [9.17, 15) is 0 Å². The number of hydrogen-bond donors (Lipinski definition) is 0. The van der Waals surface area contributed by atoms with Crippen LogP contribution in [0, 0.1) is 0 Å². The quantitative estimate of drug-likeness (QED) is 0.182. The van der Waals surface area contributed by atoms with E-state index in [0.717, 1.165) is 22.7 Å². The zero-order valence-electron chi connectivity index (χ0n) is 27.4. The van der Waals surface area contributed by atoms with Gasteiger partial charge in [-0.2, -0.15) is 0 Å². The van der Waals surface area contributed by atoms with Crippen LogP contribution in [0.4, 0.5) is 17.1 Å². The van der Waals surface area contributed by atoms with E-state index in [-0.39, 0.29) is 0 Å². The van der Waals surface area contributed by atoms with Gasteiger partial charge in [0.1, 0.15) is 0 Å². The SMILES string of the molecule is c1ccc(N(c2ccc(-c3ccc(-n4c5ccc6ccccc6c5c5c6ccccc6ccc54)cc3)cc2)c2cccc3ccccc23)cc1. The normalized spacial score (nSPS) is 11.6. The van der Waals surface area contributed by atoms with Gasteiger partial charge in [0.05, 0.1) is 16.7 Å². The second-order valence-electron chi connectivity index (χ2n) is 13.0. The summed E-state index contributed by atoms with van der Waals surface area (Å²) in [5.41, 5.74) is 9.40. The van der Waals surface area contributed by atoms with E-state index in [4.69, 9.17) is 0 Å². The molecule has 0 N–H and O–H groups in total. The fourth-order valence-electron chi connectivity index (χ4n) is 7.84. The number of benzene rings is 9. The van der Waals surface area contributed by atoms with Crippen LogP contribution in [0.3, 0.4) is 0 Å². The molecule has 0 amide bonds. The van der Waals surface area contributed by atoms with Crippen molar-refractivity contribution in [1.29, 1.82) is 0 Å². The Kier molecular flexibility index (Phi) is 6.53. The van der Waals surface area contributed by atoms with Crippen LogP contribution in [0.25, 0.3) is 70.9 Å². The smallest absolute Gasteiger partial charge is 0.0547 e. The fraction of sp³-hybridized carbons (Fsp3) is 0. The molecular formula is C48H32N2. The molecule has 0 bridgehead atoms. The number of aromatic nitrogens is 1. The van der Waals surface area contributed by atoms with Gasteiger partial charge in [0.25, 0.3) is 0 Å². The Labute approximate surface area is 290 Å². The van der Waals surface area contributed by atoms with Gasteiger partial charge in [-0.3, -0.25) is 0 Å². The lowest BCUT2D eigenvalue weighted by atomic mass is 10.00. The second kappa shape index (κ2) is 11.5. The molecule has 0 unspecified atom stereocenters. The molecule has 1 aromatic heterocycles. The van der Waals surface area contributed by atoms with Crippen LogP contribution >= 0.6 is 0 Å². The maximum atomic E-state index is 2.43. The van der Waals surface area contributed by atoms with Crippen LogP contribution in [0.5, 0.6) is 0 Å². The predicted octanol–water partition coefficient (Wildman–Crippen LogP) is 13.4.